The van der Waals surface area contributed by atoms with Crippen molar-refractivity contribution >= 4 is 40.4 Å². The molecule has 0 aliphatic heterocycles. The second kappa shape index (κ2) is 10.1. The van der Waals surface area contributed by atoms with Crippen molar-refractivity contribution in [2.45, 2.75) is 24.5 Å². The number of amides is 2. The number of aliphatic hydroxyl groups is 3. The number of likely N-dealkylation sites (N-methyl/N-ethyl adjacent to an activating group) is 1. The molecule has 43 heavy (non-hydrogen) atoms. The highest BCUT2D eigenvalue weighted by molar-refractivity contribution is 6.25. The van der Waals surface area contributed by atoms with Gasteiger partial charge in [-0.25, -0.2) is 0 Å². The van der Waals surface area contributed by atoms with E-state index >= 15 is 0 Å². The number of nitrogens with two attached hydrogens (primary N) is 2. The molecule has 2 aromatic rings. The van der Waals surface area contributed by atoms with Crippen LogP contribution in [0.5, 0.6) is 5.75 Å². The van der Waals surface area contributed by atoms with Crippen LogP contribution >= 0.6 is 0 Å². The second-order valence-electron chi connectivity index (χ2n) is 11.6. The molecule has 4 atom stereocenters. The predicted octanol–water partition coefficient (Wildman–Crippen LogP) is 1.02. The molecule has 2 aromatic carbocycles. The summed E-state index contributed by atoms with van der Waals surface area (Å²) in [6.45, 7) is 0. The standard InChI is InChI=1S/C30H33N5O8/c1-34(2)18-11-17(33-29(42)12-5-7-14(31)8-6-12)23(36)20-15(18)9-13-10-16-22(35(3)4)25(38)21(28(32)41)27(40)30(16,43)26(39)19(13)24(20)37/h5-8,11,13,16,22,36,38-39,43H,9-10,31H2,1-4H3,(H2,32,41)(H,33,42)/t13?,16?,22-,30-/m0/s1. The molecule has 0 saturated carbocycles. The van der Waals surface area contributed by atoms with Crippen molar-refractivity contribution in [1.29, 1.82) is 0 Å². The number of nitrogens with zero attached hydrogens (tertiary/aromatic N) is 2. The van der Waals surface area contributed by atoms with Gasteiger partial charge in [-0.05, 0) is 68.8 Å². The lowest BCUT2D eigenvalue weighted by Gasteiger charge is -2.50. The van der Waals surface area contributed by atoms with E-state index in [-0.39, 0.29) is 35.2 Å². The summed E-state index contributed by atoms with van der Waals surface area (Å²) in [5.74, 6) is -8.05. The number of Topliss-reactive ketones (excluding diaryl/α,β-unsaturated/α-hetero) is 2. The van der Waals surface area contributed by atoms with Crippen molar-refractivity contribution < 1.29 is 39.6 Å². The van der Waals surface area contributed by atoms with Crippen LogP contribution in [0.25, 0.3) is 0 Å². The molecule has 0 radical (unpaired) electrons. The van der Waals surface area contributed by atoms with E-state index in [9.17, 15) is 39.6 Å². The third kappa shape index (κ3) is 4.31. The van der Waals surface area contributed by atoms with E-state index in [2.05, 4.69) is 5.32 Å². The Morgan fingerprint density at radius 2 is 1.67 bits per heavy atom. The van der Waals surface area contributed by atoms with Crippen molar-refractivity contribution in [3.05, 3.63) is 69.7 Å². The van der Waals surface area contributed by atoms with Gasteiger partial charge in [-0.15, -0.1) is 0 Å². The minimum atomic E-state index is -2.74. The van der Waals surface area contributed by atoms with Crippen LogP contribution in [0.4, 0.5) is 17.1 Å². The smallest absolute Gasteiger partial charge is 0.255 e. The van der Waals surface area contributed by atoms with Gasteiger partial charge in [0, 0.05) is 42.5 Å². The van der Waals surface area contributed by atoms with Crippen LogP contribution in [0.2, 0.25) is 0 Å². The van der Waals surface area contributed by atoms with Crippen LogP contribution < -0.4 is 21.7 Å². The first-order valence-corrected chi connectivity index (χ1v) is 13.5. The Morgan fingerprint density at radius 1 is 1.05 bits per heavy atom. The Kier molecular flexibility index (Phi) is 6.98. The second-order valence-corrected chi connectivity index (χ2v) is 11.6. The van der Waals surface area contributed by atoms with E-state index in [4.69, 9.17) is 11.5 Å². The van der Waals surface area contributed by atoms with Gasteiger partial charge in [0.1, 0.15) is 17.1 Å². The van der Waals surface area contributed by atoms with Crippen LogP contribution in [0.3, 0.4) is 0 Å². The van der Waals surface area contributed by atoms with Gasteiger partial charge in [0.2, 0.25) is 5.78 Å². The molecule has 3 aliphatic rings. The number of rotatable bonds is 5. The van der Waals surface area contributed by atoms with Crippen LogP contribution in [0.1, 0.15) is 32.7 Å². The first-order chi connectivity index (χ1) is 20.1. The average molecular weight is 592 g/mol. The Morgan fingerprint density at radius 3 is 2.23 bits per heavy atom. The van der Waals surface area contributed by atoms with Crippen LogP contribution in [0, 0.1) is 11.8 Å². The highest BCUT2D eigenvalue weighted by Gasteiger charge is 2.63. The van der Waals surface area contributed by atoms with Gasteiger partial charge in [0.05, 0.1) is 17.3 Å². The molecule has 0 aromatic heterocycles. The molecular formula is C30H33N5O8. The number of allylic oxidation sites excluding steroid dienone is 1. The molecule has 0 fully saturated rings. The van der Waals surface area contributed by atoms with Crippen molar-refractivity contribution in [3.63, 3.8) is 0 Å². The predicted molar refractivity (Wildman–Crippen MR) is 157 cm³/mol. The fourth-order valence-corrected chi connectivity index (χ4v) is 6.62. The highest BCUT2D eigenvalue weighted by atomic mass is 16.3. The van der Waals surface area contributed by atoms with E-state index < -0.39 is 69.7 Å². The van der Waals surface area contributed by atoms with Crippen LogP contribution in [-0.4, -0.2) is 88.5 Å². The lowest BCUT2D eigenvalue weighted by atomic mass is 9.58. The van der Waals surface area contributed by atoms with Crippen LogP contribution in [-0.2, 0) is 16.0 Å². The normalized spacial score (nSPS) is 24.8. The number of phenolic OH excluding ortho intramolecular Hbond substituents is 1. The number of hydrogen-bond donors (Lipinski definition) is 7. The summed E-state index contributed by atoms with van der Waals surface area (Å²) < 4.78 is 0. The summed E-state index contributed by atoms with van der Waals surface area (Å²) in [6, 6.07) is 6.53. The topological polar surface area (TPSA) is 220 Å². The quantitative estimate of drug-likeness (QED) is 0.148. The first kappa shape index (κ1) is 29.6. The third-order valence-electron chi connectivity index (χ3n) is 8.60. The van der Waals surface area contributed by atoms with Crippen molar-refractivity contribution in [2.24, 2.45) is 17.6 Å². The number of anilines is 3. The van der Waals surface area contributed by atoms with Crippen molar-refractivity contribution in [2.75, 3.05) is 44.1 Å². The largest absolute Gasteiger partial charge is 0.510 e. The van der Waals surface area contributed by atoms with E-state index in [1.807, 2.05) is 0 Å². The van der Waals surface area contributed by atoms with Crippen LogP contribution in [0.15, 0.2) is 53.0 Å². The van der Waals surface area contributed by atoms with Crippen molar-refractivity contribution in [1.82, 2.24) is 4.90 Å². The minimum absolute atomic E-state index is 0.0327. The average Bonchev–Trinajstić information content (AvgIpc) is 2.92. The van der Waals surface area contributed by atoms with Gasteiger partial charge < -0.3 is 42.1 Å². The Bertz CT molecular complexity index is 1660. The summed E-state index contributed by atoms with van der Waals surface area (Å²) in [7, 11) is 6.58. The Hall–Kier alpha value is -4.88. The summed E-state index contributed by atoms with van der Waals surface area (Å²) >= 11 is 0. The maximum absolute atomic E-state index is 14.1. The molecule has 2 amide bonds. The van der Waals surface area contributed by atoms with Gasteiger partial charge >= 0.3 is 0 Å². The lowest BCUT2D eigenvalue weighted by molar-refractivity contribution is -0.148. The fraction of sp³-hybridized carbons (Fsp3) is 0.333. The van der Waals surface area contributed by atoms with Gasteiger partial charge in [-0.1, -0.05) is 0 Å². The minimum Gasteiger partial charge on any atom is -0.510 e. The molecule has 0 heterocycles. The number of nitrogen functional groups attached to an aromatic ring is 1. The number of primary amides is 1. The lowest BCUT2D eigenvalue weighted by Crippen LogP contribution is -2.63. The summed E-state index contributed by atoms with van der Waals surface area (Å²) in [5, 5.41) is 48.1. The summed E-state index contributed by atoms with van der Waals surface area (Å²) in [5.41, 5.74) is 8.54. The molecule has 226 valence electrons. The molecular weight excluding hydrogens is 558 g/mol. The zero-order valence-corrected chi connectivity index (χ0v) is 24.0. The van der Waals surface area contributed by atoms with Gasteiger partial charge in [-0.2, -0.15) is 0 Å². The number of carbonyl (C=O) groups is 4. The summed E-state index contributed by atoms with van der Waals surface area (Å²) in [6.07, 6.45) is 0.0802. The molecule has 3 aliphatic carbocycles. The molecule has 0 bridgehead atoms. The number of aliphatic hydroxyl groups excluding tert-OH is 2. The fourth-order valence-electron chi connectivity index (χ4n) is 6.62. The Labute approximate surface area is 246 Å². The maximum Gasteiger partial charge on any atom is 0.255 e. The monoisotopic (exact) mass is 591 g/mol. The molecule has 13 heteroatoms. The maximum atomic E-state index is 14.1. The SMILES string of the molecule is CN(C)c1cc(NC(=O)c2ccc(N)cc2)c(O)c2c1CC1CC3[C@H](N(C)C)C(O)=C(C(N)=O)C(=O)[C@@]3(O)C(O)=C1C2=O. The van der Waals surface area contributed by atoms with Crippen molar-refractivity contribution in [3.8, 4) is 5.75 Å². The number of ketones is 2. The van der Waals surface area contributed by atoms with Gasteiger partial charge in [0.15, 0.2) is 17.1 Å². The first-order valence-electron chi connectivity index (χ1n) is 13.5. The van der Waals surface area contributed by atoms with E-state index in [0.29, 0.717) is 16.9 Å². The summed E-state index contributed by atoms with van der Waals surface area (Å²) in [4.78, 5) is 55.9. The van der Waals surface area contributed by atoms with Gasteiger partial charge in [0.25, 0.3) is 11.8 Å². The van der Waals surface area contributed by atoms with E-state index in [1.54, 1.807) is 45.2 Å². The number of carbonyl (C=O) groups excluding carboxylic acids is 4. The molecule has 0 spiro atoms. The number of phenols is 1. The molecule has 9 N–H and O–H groups in total. The third-order valence-corrected chi connectivity index (χ3v) is 8.60. The van der Waals surface area contributed by atoms with E-state index in [0.717, 1.165) is 0 Å². The van der Waals surface area contributed by atoms with Gasteiger partial charge in [-0.3, -0.25) is 24.1 Å². The number of fused-ring (bicyclic) bond motifs is 3. The molecule has 5 rings (SSSR count). The molecule has 13 nitrogen and oxygen atoms in total. The number of aromatic hydroxyl groups is 1. The zero-order chi connectivity index (χ0) is 31.7. The molecule has 0 saturated heterocycles. The van der Waals surface area contributed by atoms with E-state index in [1.165, 1.54) is 23.1 Å². The number of nitrogens with one attached hydrogen (secondary N) is 1. The number of hydrogen-bond acceptors (Lipinski definition) is 11. The molecule has 2 unspecified atom stereocenters. The zero-order valence-electron chi connectivity index (χ0n) is 24.0. The number of benzene rings is 2. The highest BCUT2D eigenvalue weighted by Crippen LogP contribution is 2.54. The Balaban J connectivity index is 1.67.